The normalized spacial score (nSPS) is 11.8. The Morgan fingerprint density at radius 3 is 2.26 bits per heavy atom. The molecule has 0 fully saturated rings. The van der Waals surface area contributed by atoms with Crippen LogP contribution in [0.3, 0.4) is 0 Å². The van der Waals surface area contributed by atoms with Crippen LogP contribution in [-0.2, 0) is 6.18 Å². The fourth-order valence-corrected chi connectivity index (χ4v) is 2.08. The number of allylic oxidation sites excluding steroid dienone is 1. The lowest BCUT2D eigenvalue weighted by atomic mass is 10.2. The third kappa shape index (κ3) is 6.65. The number of rotatable bonds is 4. The van der Waals surface area contributed by atoms with Crippen molar-refractivity contribution in [3.05, 3.63) is 41.7 Å². The average Bonchev–Trinajstić information content (AvgIpc) is 2.46. The van der Waals surface area contributed by atoms with Crippen LogP contribution < -0.4 is 5.32 Å². The Morgan fingerprint density at radius 2 is 1.78 bits per heavy atom. The molecule has 1 aromatic rings. The van der Waals surface area contributed by atoms with Crippen molar-refractivity contribution in [1.29, 1.82) is 5.26 Å². The number of aliphatic imine (C=N–C) groups is 1. The Hall–Kier alpha value is -2.15. The van der Waals surface area contributed by atoms with Gasteiger partial charge in [0.05, 0.1) is 11.3 Å². The molecule has 0 aliphatic carbocycles. The molecule has 1 rings (SSSR count). The second-order valence-corrected chi connectivity index (χ2v) is 5.05. The van der Waals surface area contributed by atoms with Gasteiger partial charge in [0, 0.05) is 12.2 Å². The maximum Gasteiger partial charge on any atom is 0.416 e. The molecule has 10 heteroatoms. The van der Waals surface area contributed by atoms with E-state index in [0.717, 1.165) is 36.0 Å². The van der Waals surface area contributed by atoms with E-state index >= 15 is 0 Å². The van der Waals surface area contributed by atoms with E-state index in [2.05, 4.69) is 10.3 Å². The summed E-state index contributed by atoms with van der Waals surface area (Å²) in [5.41, 5.74) is -0.736. The van der Waals surface area contributed by atoms with Crippen molar-refractivity contribution in [2.45, 2.75) is 12.6 Å². The van der Waals surface area contributed by atoms with E-state index in [1.165, 1.54) is 0 Å². The zero-order valence-electron chi connectivity index (χ0n) is 11.3. The first-order chi connectivity index (χ1) is 10.7. The Balaban J connectivity index is 2.79. The Kier molecular flexibility index (Phi) is 6.96. The lowest BCUT2D eigenvalue weighted by Crippen LogP contribution is -2.14. The molecule has 0 unspecified atom stereocenters. The summed E-state index contributed by atoms with van der Waals surface area (Å²) >= 11 is 0.783. The first kappa shape index (κ1) is 18.9. The van der Waals surface area contributed by atoms with Gasteiger partial charge in [0.2, 0.25) is 0 Å². The predicted molar refractivity (Wildman–Crippen MR) is 74.7 cm³/mol. The SMILES string of the molecule is N#CNC(=Nc1ccc(C(F)(F)F)cc1)SCCC(F)=C(F)F. The van der Waals surface area contributed by atoms with Crippen molar-refractivity contribution >= 4 is 22.6 Å². The highest BCUT2D eigenvalue weighted by Gasteiger charge is 2.29. The molecule has 23 heavy (non-hydrogen) atoms. The molecule has 124 valence electrons. The van der Waals surface area contributed by atoms with Crippen LogP contribution in [0.15, 0.2) is 41.2 Å². The van der Waals surface area contributed by atoms with Gasteiger partial charge in [-0.1, -0.05) is 11.8 Å². The minimum Gasteiger partial charge on any atom is -0.271 e. The van der Waals surface area contributed by atoms with Gasteiger partial charge in [0.1, 0.15) is 0 Å². The van der Waals surface area contributed by atoms with Crippen LogP contribution in [0.5, 0.6) is 0 Å². The van der Waals surface area contributed by atoms with Crippen LogP contribution >= 0.6 is 11.8 Å². The van der Waals surface area contributed by atoms with Gasteiger partial charge >= 0.3 is 12.3 Å². The molecular formula is C13H9F6N3S. The molecule has 0 heterocycles. The molecule has 0 aromatic heterocycles. The van der Waals surface area contributed by atoms with Crippen molar-refractivity contribution < 1.29 is 26.3 Å². The van der Waals surface area contributed by atoms with Crippen LogP contribution in [0.4, 0.5) is 32.0 Å². The summed E-state index contributed by atoms with van der Waals surface area (Å²) < 4.78 is 73.6. The number of benzene rings is 1. The summed E-state index contributed by atoms with van der Waals surface area (Å²) in [6.07, 6.45) is -5.91. The topological polar surface area (TPSA) is 48.2 Å². The predicted octanol–water partition coefficient (Wildman–Crippen LogP) is 4.96. The van der Waals surface area contributed by atoms with Gasteiger partial charge in [-0.3, -0.25) is 5.32 Å². The molecule has 1 N–H and O–H groups in total. The fraction of sp³-hybridized carbons (Fsp3) is 0.231. The zero-order chi connectivity index (χ0) is 17.5. The number of thioether (sulfide) groups is 1. The molecule has 0 amide bonds. The largest absolute Gasteiger partial charge is 0.416 e. The third-order valence-corrected chi connectivity index (χ3v) is 3.23. The van der Waals surface area contributed by atoms with Crippen molar-refractivity contribution in [3.63, 3.8) is 0 Å². The van der Waals surface area contributed by atoms with Gasteiger partial charge in [-0.2, -0.15) is 27.2 Å². The smallest absolute Gasteiger partial charge is 0.271 e. The molecule has 0 spiro atoms. The monoisotopic (exact) mass is 353 g/mol. The van der Waals surface area contributed by atoms with Gasteiger partial charge in [0.15, 0.2) is 17.2 Å². The molecule has 1 aromatic carbocycles. The maximum atomic E-state index is 12.6. The lowest BCUT2D eigenvalue weighted by molar-refractivity contribution is -0.137. The van der Waals surface area contributed by atoms with Gasteiger partial charge < -0.3 is 0 Å². The molecular weight excluding hydrogens is 344 g/mol. The minimum absolute atomic E-state index is 0.0423. The van der Waals surface area contributed by atoms with Crippen molar-refractivity contribution in [2.24, 2.45) is 4.99 Å². The van der Waals surface area contributed by atoms with Crippen LogP contribution in [0.2, 0.25) is 0 Å². The number of nitrogens with one attached hydrogen (secondary N) is 1. The number of hydrogen-bond acceptors (Lipinski definition) is 3. The van der Waals surface area contributed by atoms with E-state index in [1.54, 1.807) is 6.19 Å². The van der Waals surface area contributed by atoms with E-state index < -0.39 is 30.1 Å². The number of hydrogen-bond donors (Lipinski definition) is 1. The number of halogens is 6. The molecule has 0 radical (unpaired) electrons. The van der Waals surface area contributed by atoms with Crippen molar-refractivity contribution in [1.82, 2.24) is 5.32 Å². The first-order valence-electron chi connectivity index (χ1n) is 5.97. The molecule has 0 saturated heterocycles. The molecule has 0 aliphatic rings. The van der Waals surface area contributed by atoms with Crippen LogP contribution in [0.1, 0.15) is 12.0 Å². The molecule has 0 atom stereocenters. The standard InChI is InChI=1S/C13H9F6N3S/c14-10(11(15)16)5-6-23-12(21-7-20)22-9-3-1-8(2-4-9)13(17,18)19/h1-4H,5-6H2,(H,21,22). The summed E-state index contributed by atoms with van der Waals surface area (Å²) in [4.78, 5) is 3.87. The average molecular weight is 353 g/mol. The minimum atomic E-state index is -4.48. The van der Waals surface area contributed by atoms with Crippen molar-refractivity contribution in [2.75, 3.05) is 5.75 Å². The Bertz CT molecular complexity index is 627. The van der Waals surface area contributed by atoms with E-state index in [0.29, 0.717) is 0 Å². The van der Waals surface area contributed by atoms with E-state index in [4.69, 9.17) is 5.26 Å². The number of alkyl halides is 3. The summed E-state index contributed by atoms with van der Waals surface area (Å²) in [5, 5.41) is 10.7. The molecule has 0 saturated carbocycles. The fourth-order valence-electron chi connectivity index (χ4n) is 1.32. The summed E-state index contributed by atoms with van der Waals surface area (Å²) in [6.45, 7) is 0. The number of nitrogens with zero attached hydrogens (tertiary/aromatic N) is 2. The second-order valence-electron chi connectivity index (χ2n) is 3.96. The van der Waals surface area contributed by atoms with E-state index in [-0.39, 0.29) is 16.6 Å². The number of amidine groups is 1. The van der Waals surface area contributed by atoms with Crippen LogP contribution in [0.25, 0.3) is 0 Å². The second kappa shape index (κ2) is 8.47. The highest BCUT2D eigenvalue weighted by molar-refractivity contribution is 8.13. The summed E-state index contributed by atoms with van der Waals surface area (Å²) in [7, 11) is 0. The molecule has 3 nitrogen and oxygen atoms in total. The van der Waals surface area contributed by atoms with Gasteiger partial charge in [-0.05, 0) is 24.3 Å². The van der Waals surface area contributed by atoms with Gasteiger partial charge in [0.25, 0.3) is 0 Å². The van der Waals surface area contributed by atoms with Crippen LogP contribution in [0, 0.1) is 11.5 Å². The molecule has 0 bridgehead atoms. The highest BCUT2D eigenvalue weighted by atomic mass is 32.2. The van der Waals surface area contributed by atoms with Crippen LogP contribution in [-0.4, -0.2) is 10.9 Å². The highest BCUT2D eigenvalue weighted by Crippen LogP contribution is 2.30. The van der Waals surface area contributed by atoms with Gasteiger partial charge in [-0.25, -0.2) is 9.38 Å². The number of nitriles is 1. The zero-order valence-corrected chi connectivity index (χ0v) is 12.1. The third-order valence-electron chi connectivity index (χ3n) is 2.35. The quantitative estimate of drug-likeness (QED) is 0.273. The summed E-state index contributed by atoms with van der Waals surface area (Å²) in [6, 6.07) is 3.80. The Morgan fingerprint density at radius 1 is 1.17 bits per heavy atom. The summed E-state index contributed by atoms with van der Waals surface area (Å²) in [5.74, 6) is -1.69. The lowest BCUT2D eigenvalue weighted by Gasteiger charge is -2.07. The van der Waals surface area contributed by atoms with E-state index in [9.17, 15) is 26.3 Å². The molecule has 0 aliphatic heterocycles. The van der Waals surface area contributed by atoms with E-state index in [1.807, 2.05) is 0 Å². The first-order valence-corrected chi connectivity index (χ1v) is 6.96. The van der Waals surface area contributed by atoms with Gasteiger partial charge in [-0.15, -0.1) is 0 Å². The Labute approximate surface area is 131 Å². The van der Waals surface area contributed by atoms with Crippen molar-refractivity contribution in [3.8, 4) is 6.19 Å². The maximum absolute atomic E-state index is 12.6.